The molecule has 0 N–H and O–H groups in total. The first-order valence-electron chi connectivity index (χ1n) is 5.22. The molecule has 0 aliphatic carbocycles. The van der Waals surface area contributed by atoms with Gasteiger partial charge in [-0.1, -0.05) is 19.9 Å². The van der Waals surface area contributed by atoms with Crippen LogP contribution in [-0.4, -0.2) is 35.8 Å². The Morgan fingerprint density at radius 1 is 1.64 bits per heavy atom. The molecule has 14 heavy (non-hydrogen) atoms. The van der Waals surface area contributed by atoms with Gasteiger partial charge in [0.05, 0.1) is 12.1 Å². The molecule has 0 saturated carbocycles. The van der Waals surface area contributed by atoms with E-state index in [1.807, 2.05) is 31.2 Å². The number of aliphatic imine (C=N–C) groups is 1. The molecule has 1 unspecified atom stereocenters. The predicted molar refractivity (Wildman–Crippen MR) is 68.1 cm³/mol. The lowest BCUT2D eigenvalue weighted by atomic mass is 10.3. The molecule has 1 heterocycles. The summed E-state index contributed by atoms with van der Waals surface area (Å²) in [4.78, 5) is 6.48. The highest BCUT2D eigenvalue weighted by Gasteiger charge is 2.14. The van der Waals surface area contributed by atoms with E-state index in [1.165, 1.54) is 5.70 Å². The summed E-state index contributed by atoms with van der Waals surface area (Å²) < 4.78 is 0. The van der Waals surface area contributed by atoms with E-state index in [0.29, 0.717) is 5.25 Å². The van der Waals surface area contributed by atoms with E-state index in [4.69, 9.17) is 0 Å². The van der Waals surface area contributed by atoms with Crippen molar-refractivity contribution in [2.45, 2.75) is 32.9 Å². The summed E-state index contributed by atoms with van der Waals surface area (Å²) in [6.07, 6.45) is 2.14. The zero-order valence-corrected chi connectivity index (χ0v) is 10.8. The standard InChI is InChI=1S/C9H16N2S.C2H6/c1-4-8(2)11(3)6-9-5-10-7-12-9;1-2/h4,7,9H,5-6H2,1-3H3;1-2H3/b8-4+;. The van der Waals surface area contributed by atoms with Crippen LogP contribution in [0.4, 0.5) is 0 Å². The Morgan fingerprint density at radius 3 is 2.71 bits per heavy atom. The molecule has 0 amide bonds. The van der Waals surface area contributed by atoms with Gasteiger partial charge in [-0.2, -0.15) is 0 Å². The van der Waals surface area contributed by atoms with Crippen molar-refractivity contribution in [3.8, 4) is 0 Å². The lowest BCUT2D eigenvalue weighted by molar-refractivity contribution is 0.419. The number of thioether (sulfide) groups is 1. The van der Waals surface area contributed by atoms with E-state index in [-0.39, 0.29) is 0 Å². The van der Waals surface area contributed by atoms with Crippen molar-refractivity contribution < 1.29 is 0 Å². The molecular formula is C11H22N2S. The maximum Gasteiger partial charge on any atom is 0.0545 e. The quantitative estimate of drug-likeness (QED) is 0.717. The third-order valence-corrected chi connectivity index (χ3v) is 3.09. The van der Waals surface area contributed by atoms with Crippen molar-refractivity contribution >= 4 is 17.3 Å². The highest BCUT2D eigenvalue weighted by molar-refractivity contribution is 8.12. The van der Waals surface area contributed by atoms with Gasteiger partial charge < -0.3 is 4.90 Å². The average molecular weight is 214 g/mol. The molecule has 0 saturated heterocycles. The number of hydrogen-bond donors (Lipinski definition) is 0. The molecular weight excluding hydrogens is 192 g/mol. The van der Waals surface area contributed by atoms with Crippen molar-refractivity contribution in [2.24, 2.45) is 4.99 Å². The summed E-state index contributed by atoms with van der Waals surface area (Å²) >= 11 is 1.84. The Balaban J connectivity index is 0.000000791. The molecule has 0 spiro atoms. The van der Waals surface area contributed by atoms with Gasteiger partial charge in [0.2, 0.25) is 0 Å². The lowest BCUT2D eigenvalue weighted by Crippen LogP contribution is -2.26. The predicted octanol–water partition coefficient (Wildman–Crippen LogP) is 3.01. The smallest absolute Gasteiger partial charge is 0.0545 e. The Morgan fingerprint density at radius 2 is 2.29 bits per heavy atom. The lowest BCUT2D eigenvalue weighted by Gasteiger charge is -2.22. The summed E-state index contributed by atoms with van der Waals surface area (Å²) in [5, 5.41) is 0.657. The molecule has 0 aromatic heterocycles. The maximum absolute atomic E-state index is 4.19. The molecule has 1 aliphatic rings. The SMILES string of the molecule is C/C=C(\C)N(C)CC1CN=CS1.CC. The van der Waals surface area contributed by atoms with Crippen molar-refractivity contribution in [3.63, 3.8) is 0 Å². The van der Waals surface area contributed by atoms with Crippen LogP contribution in [0.15, 0.2) is 16.8 Å². The van der Waals surface area contributed by atoms with Gasteiger partial charge >= 0.3 is 0 Å². The van der Waals surface area contributed by atoms with Crippen molar-refractivity contribution in [2.75, 3.05) is 20.1 Å². The average Bonchev–Trinajstić information content (AvgIpc) is 2.72. The molecule has 0 aromatic carbocycles. The molecule has 0 aromatic rings. The van der Waals surface area contributed by atoms with Gasteiger partial charge in [-0.3, -0.25) is 4.99 Å². The number of nitrogens with zero attached hydrogens (tertiary/aromatic N) is 2. The monoisotopic (exact) mass is 214 g/mol. The van der Waals surface area contributed by atoms with Crippen LogP contribution in [0.5, 0.6) is 0 Å². The zero-order chi connectivity index (χ0) is 11.0. The zero-order valence-electron chi connectivity index (χ0n) is 9.95. The summed E-state index contributed by atoms with van der Waals surface area (Å²) in [6.45, 7) is 10.3. The van der Waals surface area contributed by atoms with Gasteiger partial charge in [0.15, 0.2) is 0 Å². The number of hydrogen-bond acceptors (Lipinski definition) is 3. The van der Waals surface area contributed by atoms with Crippen LogP contribution in [0.2, 0.25) is 0 Å². The molecule has 1 atom stereocenters. The van der Waals surface area contributed by atoms with Crippen LogP contribution >= 0.6 is 11.8 Å². The van der Waals surface area contributed by atoms with Gasteiger partial charge in [0.25, 0.3) is 0 Å². The molecule has 0 radical (unpaired) electrons. The van der Waals surface area contributed by atoms with E-state index in [2.05, 4.69) is 36.9 Å². The van der Waals surface area contributed by atoms with Gasteiger partial charge in [-0.25, -0.2) is 0 Å². The van der Waals surface area contributed by atoms with Gasteiger partial charge in [-0.05, 0) is 13.8 Å². The Hall–Kier alpha value is -0.440. The maximum atomic E-state index is 4.19. The van der Waals surface area contributed by atoms with E-state index in [9.17, 15) is 0 Å². The molecule has 82 valence electrons. The fourth-order valence-electron chi connectivity index (χ4n) is 1.10. The minimum Gasteiger partial charge on any atom is -0.377 e. The second-order valence-corrected chi connectivity index (χ2v) is 4.19. The minimum atomic E-state index is 0.657. The van der Waals surface area contributed by atoms with E-state index in [1.54, 1.807) is 0 Å². The van der Waals surface area contributed by atoms with Gasteiger partial charge in [0.1, 0.15) is 0 Å². The van der Waals surface area contributed by atoms with E-state index < -0.39 is 0 Å². The van der Waals surface area contributed by atoms with Crippen LogP contribution in [0.25, 0.3) is 0 Å². The second-order valence-electron chi connectivity index (χ2n) is 3.04. The first-order chi connectivity index (χ1) is 6.74. The normalized spacial score (nSPS) is 20.4. The molecule has 3 heteroatoms. The van der Waals surface area contributed by atoms with Gasteiger partial charge in [0, 0.05) is 24.5 Å². The summed E-state index contributed by atoms with van der Waals surface area (Å²) in [6, 6.07) is 0. The molecule has 2 nitrogen and oxygen atoms in total. The first-order valence-corrected chi connectivity index (χ1v) is 6.16. The first kappa shape index (κ1) is 13.6. The Kier molecular flexibility index (Phi) is 7.67. The topological polar surface area (TPSA) is 15.6 Å². The van der Waals surface area contributed by atoms with Crippen molar-refractivity contribution in [3.05, 3.63) is 11.8 Å². The molecule has 0 fully saturated rings. The van der Waals surface area contributed by atoms with Crippen LogP contribution in [0.1, 0.15) is 27.7 Å². The molecule has 1 aliphatic heterocycles. The number of rotatable bonds is 3. The highest BCUT2D eigenvalue weighted by atomic mass is 32.2. The van der Waals surface area contributed by atoms with Crippen LogP contribution in [0, 0.1) is 0 Å². The second kappa shape index (κ2) is 7.92. The minimum absolute atomic E-state index is 0.657. The van der Waals surface area contributed by atoms with Crippen LogP contribution in [0.3, 0.4) is 0 Å². The molecule has 1 rings (SSSR count). The van der Waals surface area contributed by atoms with Crippen LogP contribution < -0.4 is 0 Å². The third-order valence-electron chi connectivity index (χ3n) is 2.13. The number of allylic oxidation sites excluding steroid dienone is 2. The van der Waals surface area contributed by atoms with E-state index >= 15 is 0 Å². The summed E-state index contributed by atoms with van der Waals surface area (Å²) in [5.41, 5.74) is 3.30. The Bertz CT molecular complexity index is 191. The fraction of sp³-hybridized carbons (Fsp3) is 0.727. The van der Waals surface area contributed by atoms with Gasteiger partial charge in [-0.15, -0.1) is 11.8 Å². The third kappa shape index (κ3) is 4.70. The van der Waals surface area contributed by atoms with Crippen molar-refractivity contribution in [1.82, 2.24) is 4.90 Å². The van der Waals surface area contributed by atoms with Crippen molar-refractivity contribution in [1.29, 1.82) is 0 Å². The fourth-order valence-corrected chi connectivity index (χ4v) is 1.93. The molecule has 0 bridgehead atoms. The summed E-state index contributed by atoms with van der Waals surface area (Å²) in [7, 11) is 2.13. The largest absolute Gasteiger partial charge is 0.377 e. The Labute approximate surface area is 92.5 Å². The van der Waals surface area contributed by atoms with Crippen LogP contribution in [-0.2, 0) is 0 Å². The summed E-state index contributed by atoms with van der Waals surface area (Å²) in [5.74, 6) is 0. The highest BCUT2D eigenvalue weighted by Crippen LogP contribution is 2.16. The van der Waals surface area contributed by atoms with E-state index in [0.717, 1.165) is 13.1 Å².